The molecule has 0 aromatic heterocycles. The van der Waals surface area contributed by atoms with E-state index in [0.717, 1.165) is 44.7 Å². The van der Waals surface area contributed by atoms with Crippen LogP contribution in [0.2, 0.25) is 5.02 Å². The summed E-state index contributed by atoms with van der Waals surface area (Å²) in [6, 6.07) is 11.5. The molecule has 0 spiro atoms. The van der Waals surface area contributed by atoms with Crippen LogP contribution in [0, 0.1) is 0 Å². The van der Waals surface area contributed by atoms with E-state index in [2.05, 4.69) is 15.1 Å². The Labute approximate surface area is 210 Å². The molecule has 2 aliphatic heterocycles. The zero-order valence-electron chi connectivity index (χ0n) is 19.7. The van der Waals surface area contributed by atoms with E-state index < -0.39 is 11.9 Å². The second kappa shape index (κ2) is 11.6. The molecule has 35 heavy (non-hydrogen) atoms. The first kappa shape index (κ1) is 25.0. The molecule has 0 aliphatic carbocycles. The van der Waals surface area contributed by atoms with Crippen LogP contribution in [0.15, 0.2) is 42.5 Å². The van der Waals surface area contributed by atoms with Gasteiger partial charge in [-0.25, -0.2) is 4.79 Å². The number of hydrogen-bond donors (Lipinski definition) is 2. The van der Waals surface area contributed by atoms with Crippen molar-refractivity contribution in [2.24, 2.45) is 0 Å². The minimum atomic E-state index is -1.12. The van der Waals surface area contributed by atoms with Crippen LogP contribution >= 0.6 is 11.6 Å². The van der Waals surface area contributed by atoms with Crippen LogP contribution in [-0.4, -0.2) is 78.5 Å². The Kier molecular flexibility index (Phi) is 8.25. The molecule has 0 atom stereocenters. The maximum absolute atomic E-state index is 12.7. The number of halogens is 1. The Morgan fingerprint density at radius 3 is 2.26 bits per heavy atom. The molecule has 2 heterocycles. The lowest BCUT2D eigenvalue weighted by molar-refractivity contribution is -0.132. The Bertz CT molecular complexity index is 1080. The lowest BCUT2D eigenvalue weighted by Gasteiger charge is -2.36. The van der Waals surface area contributed by atoms with Crippen LogP contribution in [0.3, 0.4) is 0 Å². The predicted molar refractivity (Wildman–Crippen MR) is 137 cm³/mol. The van der Waals surface area contributed by atoms with Crippen LogP contribution in [-0.2, 0) is 4.79 Å². The van der Waals surface area contributed by atoms with Crippen molar-refractivity contribution >= 4 is 40.8 Å². The third-order valence-electron chi connectivity index (χ3n) is 6.62. The highest BCUT2D eigenvalue weighted by molar-refractivity contribution is 6.31. The van der Waals surface area contributed by atoms with Gasteiger partial charge in [-0.2, -0.15) is 0 Å². The lowest BCUT2D eigenvalue weighted by Crippen LogP contribution is -2.50. The van der Waals surface area contributed by atoms with Gasteiger partial charge in [-0.3, -0.25) is 14.5 Å². The average Bonchev–Trinajstić information content (AvgIpc) is 3.14. The van der Waals surface area contributed by atoms with Gasteiger partial charge in [0.25, 0.3) is 5.91 Å². The number of benzene rings is 2. The quantitative estimate of drug-likeness (QED) is 0.629. The molecule has 2 amide bonds. The SMILES string of the molecule is O=C(Nc1ccc(N2CCN(CC(=O)N3CCCCCC3)CC2)cc1C(=O)O)c1cccc(Cl)c1. The first-order chi connectivity index (χ1) is 16.9. The molecule has 8 nitrogen and oxygen atoms in total. The second-order valence-corrected chi connectivity index (χ2v) is 9.49. The Hall–Kier alpha value is -3.10. The summed E-state index contributed by atoms with van der Waals surface area (Å²) in [7, 11) is 0. The number of carboxylic acids is 1. The van der Waals surface area contributed by atoms with Gasteiger partial charge in [-0.05, 0) is 49.2 Å². The minimum absolute atomic E-state index is 0.0247. The number of carbonyl (C=O) groups excluding carboxylic acids is 2. The summed E-state index contributed by atoms with van der Waals surface area (Å²) < 4.78 is 0. The number of anilines is 2. The third-order valence-corrected chi connectivity index (χ3v) is 6.86. The zero-order valence-corrected chi connectivity index (χ0v) is 20.5. The third kappa shape index (κ3) is 6.52. The number of nitrogens with zero attached hydrogens (tertiary/aromatic N) is 3. The van der Waals surface area contributed by atoms with E-state index in [9.17, 15) is 19.5 Å². The molecule has 2 aromatic rings. The summed E-state index contributed by atoms with van der Waals surface area (Å²) in [6.45, 7) is 5.00. The van der Waals surface area contributed by atoms with Crippen LogP contribution in [0.5, 0.6) is 0 Å². The Balaban J connectivity index is 1.37. The fraction of sp³-hybridized carbons (Fsp3) is 0.423. The fourth-order valence-electron chi connectivity index (χ4n) is 4.61. The number of amides is 2. The highest BCUT2D eigenvalue weighted by Crippen LogP contribution is 2.25. The number of piperazine rings is 1. The molecule has 0 radical (unpaired) electrons. The van der Waals surface area contributed by atoms with Crippen LogP contribution in [0.4, 0.5) is 11.4 Å². The van der Waals surface area contributed by atoms with Crippen molar-refractivity contribution in [3.05, 3.63) is 58.6 Å². The molecule has 2 fully saturated rings. The molecular formula is C26H31ClN4O4. The van der Waals surface area contributed by atoms with E-state index >= 15 is 0 Å². The molecule has 0 saturated carbocycles. The maximum atomic E-state index is 12.7. The van der Waals surface area contributed by atoms with Gasteiger partial charge in [0, 0.05) is 55.5 Å². The van der Waals surface area contributed by atoms with Crippen LogP contribution in [0.25, 0.3) is 0 Å². The second-order valence-electron chi connectivity index (χ2n) is 9.06. The molecule has 2 saturated heterocycles. The van der Waals surface area contributed by atoms with Gasteiger partial charge >= 0.3 is 5.97 Å². The van der Waals surface area contributed by atoms with Gasteiger partial charge in [0.1, 0.15) is 0 Å². The summed E-state index contributed by atoms with van der Waals surface area (Å²) in [4.78, 5) is 43.5. The van der Waals surface area contributed by atoms with Crippen molar-refractivity contribution in [2.45, 2.75) is 25.7 Å². The summed E-state index contributed by atoms with van der Waals surface area (Å²) in [6.07, 6.45) is 4.57. The summed E-state index contributed by atoms with van der Waals surface area (Å²) in [5.41, 5.74) is 1.38. The predicted octanol–water partition coefficient (Wildman–Crippen LogP) is 3.82. The number of nitrogens with one attached hydrogen (secondary N) is 1. The van der Waals surface area contributed by atoms with Gasteiger partial charge in [0.2, 0.25) is 5.91 Å². The Morgan fingerprint density at radius 2 is 1.60 bits per heavy atom. The lowest BCUT2D eigenvalue weighted by atomic mass is 10.1. The zero-order chi connectivity index (χ0) is 24.8. The molecule has 2 aliphatic rings. The highest BCUT2D eigenvalue weighted by atomic mass is 35.5. The smallest absolute Gasteiger partial charge is 0.337 e. The molecule has 9 heteroatoms. The number of hydrogen-bond acceptors (Lipinski definition) is 5. The number of carboxylic acid groups (broad SMARTS) is 1. The van der Waals surface area contributed by atoms with Crippen LogP contribution in [0.1, 0.15) is 46.4 Å². The topological polar surface area (TPSA) is 93.2 Å². The average molecular weight is 499 g/mol. The molecule has 2 N–H and O–H groups in total. The van der Waals surface area contributed by atoms with Gasteiger partial charge < -0.3 is 20.2 Å². The summed E-state index contributed by atoms with van der Waals surface area (Å²) >= 11 is 5.96. The van der Waals surface area contributed by atoms with E-state index in [1.165, 1.54) is 18.9 Å². The first-order valence-corrected chi connectivity index (χ1v) is 12.5. The van der Waals surface area contributed by atoms with E-state index in [4.69, 9.17) is 11.6 Å². The van der Waals surface area contributed by atoms with E-state index in [1.54, 1.807) is 30.3 Å². The minimum Gasteiger partial charge on any atom is -0.478 e. The van der Waals surface area contributed by atoms with Gasteiger partial charge in [-0.15, -0.1) is 0 Å². The fourth-order valence-corrected chi connectivity index (χ4v) is 4.80. The molecule has 186 valence electrons. The van der Waals surface area contributed by atoms with Gasteiger partial charge in [-0.1, -0.05) is 30.5 Å². The molecule has 0 unspecified atom stereocenters. The molecular weight excluding hydrogens is 468 g/mol. The van der Waals surface area contributed by atoms with Crippen molar-refractivity contribution in [1.29, 1.82) is 0 Å². The van der Waals surface area contributed by atoms with Crippen molar-refractivity contribution in [3.8, 4) is 0 Å². The Morgan fingerprint density at radius 1 is 0.886 bits per heavy atom. The summed E-state index contributed by atoms with van der Waals surface area (Å²) in [5.74, 6) is -1.34. The molecule has 0 bridgehead atoms. The number of carbonyl (C=O) groups is 3. The maximum Gasteiger partial charge on any atom is 0.337 e. The monoisotopic (exact) mass is 498 g/mol. The summed E-state index contributed by atoms with van der Waals surface area (Å²) in [5, 5.41) is 12.9. The van der Waals surface area contributed by atoms with E-state index in [0.29, 0.717) is 30.2 Å². The normalized spacial score (nSPS) is 17.1. The number of likely N-dealkylation sites (tertiary alicyclic amines) is 1. The van der Waals surface area contributed by atoms with Gasteiger partial charge in [0.05, 0.1) is 17.8 Å². The first-order valence-electron chi connectivity index (χ1n) is 12.1. The largest absolute Gasteiger partial charge is 0.478 e. The van der Waals surface area contributed by atoms with Crippen molar-refractivity contribution in [1.82, 2.24) is 9.80 Å². The number of aromatic carboxylic acids is 1. The molecule has 4 rings (SSSR count). The molecule has 2 aromatic carbocycles. The number of rotatable bonds is 6. The van der Waals surface area contributed by atoms with E-state index in [1.807, 2.05) is 11.0 Å². The van der Waals surface area contributed by atoms with Crippen LogP contribution < -0.4 is 10.2 Å². The standard InChI is InChI=1S/C26H31ClN4O4/c27-20-7-5-6-19(16-20)25(33)28-23-9-8-21(17-22(23)26(34)35)30-14-12-29(13-15-30)18-24(32)31-10-3-1-2-4-11-31/h5-9,16-17H,1-4,10-15,18H2,(H,28,33)(H,34,35). The van der Waals surface area contributed by atoms with Crippen molar-refractivity contribution in [2.75, 3.05) is 56.0 Å². The van der Waals surface area contributed by atoms with E-state index in [-0.39, 0.29) is 17.2 Å². The highest BCUT2D eigenvalue weighted by Gasteiger charge is 2.24. The van der Waals surface area contributed by atoms with Crippen molar-refractivity contribution in [3.63, 3.8) is 0 Å². The van der Waals surface area contributed by atoms with Crippen molar-refractivity contribution < 1.29 is 19.5 Å². The van der Waals surface area contributed by atoms with Gasteiger partial charge in [0.15, 0.2) is 0 Å².